The maximum absolute atomic E-state index is 2.53. The van der Waals surface area contributed by atoms with Gasteiger partial charge in [0.1, 0.15) is 0 Å². The van der Waals surface area contributed by atoms with Gasteiger partial charge in [-0.15, -0.1) is 0 Å². The lowest BCUT2D eigenvalue weighted by Gasteiger charge is -2.38. The first kappa shape index (κ1) is 9.51. The zero-order chi connectivity index (χ0) is 9.10. The maximum atomic E-state index is 2.53. The summed E-state index contributed by atoms with van der Waals surface area (Å²) in [6.07, 6.45) is 10.5. The number of hydrogen-bond acceptors (Lipinski definition) is 1. The summed E-state index contributed by atoms with van der Waals surface area (Å²) in [6, 6.07) is 0. The van der Waals surface area contributed by atoms with Crippen LogP contribution in [0.1, 0.15) is 44.9 Å². The molecule has 0 aromatic carbocycles. The molecular formula is C12H23N. The van der Waals surface area contributed by atoms with Gasteiger partial charge in [0.05, 0.1) is 0 Å². The molecule has 2 aliphatic rings. The molecule has 0 aromatic heterocycles. The van der Waals surface area contributed by atoms with E-state index in [1.165, 1.54) is 58.0 Å². The van der Waals surface area contributed by atoms with E-state index in [-0.39, 0.29) is 0 Å². The van der Waals surface area contributed by atoms with Crippen molar-refractivity contribution in [2.45, 2.75) is 44.9 Å². The Labute approximate surface area is 82.5 Å². The summed E-state index contributed by atoms with van der Waals surface area (Å²) in [7, 11) is 2.29. The number of rotatable bonds is 0. The molecular weight excluding hydrogens is 158 g/mol. The molecule has 2 fully saturated rings. The van der Waals surface area contributed by atoms with Crippen LogP contribution in [0.3, 0.4) is 0 Å². The molecule has 0 amide bonds. The van der Waals surface area contributed by atoms with Gasteiger partial charge in [-0.1, -0.05) is 32.1 Å². The van der Waals surface area contributed by atoms with Gasteiger partial charge in [0.15, 0.2) is 0 Å². The molecule has 2 unspecified atom stereocenters. The SMILES string of the molecule is CN1CCC2CCCCCCC2C1. The van der Waals surface area contributed by atoms with E-state index in [1.807, 2.05) is 0 Å². The van der Waals surface area contributed by atoms with Crippen LogP contribution in [0, 0.1) is 11.8 Å². The lowest BCUT2D eigenvalue weighted by Crippen LogP contribution is -2.38. The van der Waals surface area contributed by atoms with Gasteiger partial charge < -0.3 is 4.90 Å². The van der Waals surface area contributed by atoms with Crippen LogP contribution in [0.25, 0.3) is 0 Å². The normalized spacial score (nSPS) is 37.6. The number of hydrogen-bond donors (Lipinski definition) is 0. The van der Waals surface area contributed by atoms with Gasteiger partial charge in [0.25, 0.3) is 0 Å². The quantitative estimate of drug-likeness (QED) is 0.555. The summed E-state index contributed by atoms with van der Waals surface area (Å²) < 4.78 is 0. The molecule has 13 heavy (non-hydrogen) atoms. The van der Waals surface area contributed by atoms with Crippen molar-refractivity contribution in [2.24, 2.45) is 11.8 Å². The maximum Gasteiger partial charge on any atom is 0.000926 e. The molecule has 2 rings (SSSR count). The van der Waals surface area contributed by atoms with Gasteiger partial charge >= 0.3 is 0 Å². The molecule has 2 atom stereocenters. The molecule has 0 spiro atoms. The molecule has 76 valence electrons. The van der Waals surface area contributed by atoms with Gasteiger partial charge in [-0.3, -0.25) is 0 Å². The van der Waals surface area contributed by atoms with Crippen LogP contribution < -0.4 is 0 Å². The smallest absolute Gasteiger partial charge is 0.000926 e. The molecule has 0 N–H and O–H groups in total. The van der Waals surface area contributed by atoms with Crippen LogP contribution >= 0.6 is 0 Å². The van der Waals surface area contributed by atoms with E-state index in [0.717, 1.165) is 11.8 Å². The number of likely N-dealkylation sites (tertiary alicyclic amines) is 1. The van der Waals surface area contributed by atoms with Crippen molar-refractivity contribution in [3.8, 4) is 0 Å². The standard InChI is InChI=1S/C12H23N/c1-13-9-8-11-6-4-2-3-5-7-12(11)10-13/h11-12H,2-10H2,1H3. The second kappa shape index (κ2) is 4.45. The molecule has 1 aliphatic carbocycles. The summed E-state index contributed by atoms with van der Waals surface area (Å²) in [5.41, 5.74) is 0. The van der Waals surface area contributed by atoms with Crippen LogP contribution in [0.4, 0.5) is 0 Å². The fourth-order valence-corrected chi connectivity index (χ4v) is 3.14. The minimum Gasteiger partial charge on any atom is -0.306 e. The molecule has 0 radical (unpaired) electrons. The monoisotopic (exact) mass is 181 g/mol. The van der Waals surface area contributed by atoms with Gasteiger partial charge in [-0.05, 0) is 38.3 Å². The van der Waals surface area contributed by atoms with Gasteiger partial charge in [-0.25, -0.2) is 0 Å². The van der Waals surface area contributed by atoms with Gasteiger partial charge in [-0.2, -0.15) is 0 Å². The second-order valence-corrected chi connectivity index (χ2v) is 5.06. The fraction of sp³-hybridized carbons (Fsp3) is 1.00. The second-order valence-electron chi connectivity index (χ2n) is 5.06. The molecule has 1 aliphatic heterocycles. The molecule has 1 saturated carbocycles. The predicted octanol–water partition coefficient (Wildman–Crippen LogP) is 2.91. The Morgan fingerprint density at radius 1 is 0.846 bits per heavy atom. The van der Waals surface area contributed by atoms with Gasteiger partial charge in [0, 0.05) is 6.54 Å². The summed E-state index contributed by atoms with van der Waals surface area (Å²) in [4.78, 5) is 2.53. The number of fused-ring (bicyclic) bond motifs is 1. The van der Waals surface area contributed by atoms with E-state index in [1.54, 1.807) is 0 Å². The van der Waals surface area contributed by atoms with E-state index < -0.39 is 0 Å². The minimum absolute atomic E-state index is 1.04. The fourth-order valence-electron chi connectivity index (χ4n) is 3.14. The third kappa shape index (κ3) is 2.46. The molecule has 1 nitrogen and oxygen atoms in total. The minimum atomic E-state index is 1.04. The number of nitrogens with zero attached hydrogens (tertiary/aromatic N) is 1. The predicted molar refractivity (Wildman–Crippen MR) is 56.8 cm³/mol. The average molecular weight is 181 g/mol. The summed E-state index contributed by atoms with van der Waals surface area (Å²) >= 11 is 0. The van der Waals surface area contributed by atoms with Crippen LogP contribution in [0.2, 0.25) is 0 Å². The van der Waals surface area contributed by atoms with Crippen LogP contribution in [0.5, 0.6) is 0 Å². The Morgan fingerprint density at radius 3 is 2.31 bits per heavy atom. The van der Waals surface area contributed by atoms with E-state index in [9.17, 15) is 0 Å². The Bertz CT molecular complexity index is 153. The first-order chi connectivity index (χ1) is 6.36. The first-order valence-electron chi connectivity index (χ1n) is 6.05. The Balaban J connectivity index is 1.91. The van der Waals surface area contributed by atoms with Crippen molar-refractivity contribution < 1.29 is 0 Å². The molecule has 1 heteroatoms. The lowest BCUT2D eigenvalue weighted by atomic mass is 9.77. The molecule has 1 heterocycles. The highest BCUT2D eigenvalue weighted by molar-refractivity contribution is 4.80. The van der Waals surface area contributed by atoms with Crippen molar-refractivity contribution in [3.05, 3.63) is 0 Å². The lowest BCUT2D eigenvalue weighted by molar-refractivity contribution is 0.119. The third-order valence-electron chi connectivity index (χ3n) is 3.99. The zero-order valence-electron chi connectivity index (χ0n) is 8.97. The van der Waals surface area contributed by atoms with Crippen molar-refractivity contribution in [3.63, 3.8) is 0 Å². The summed E-state index contributed by atoms with van der Waals surface area (Å²) in [5, 5.41) is 0. The van der Waals surface area contributed by atoms with Crippen molar-refractivity contribution in [2.75, 3.05) is 20.1 Å². The molecule has 1 saturated heterocycles. The molecule has 0 bridgehead atoms. The van der Waals surface area contributed by atoms with E-state index in [0.29, 0.717) is 0 Å². The number of piperidine rings is 1. The highest BCUT2D eigenvalue weighted by Crippen LogP contribution is 2.33. The molecule has 0 aromatic rings. The van der Waals surface area contributed by atoms with Crippen molar-refractivity contribution in [1.82, 2.24) is 4.90 Å². The van der Waals surface area contributed by atoms with Gasteiger partial charge in [0.2, 0.25) is 0 Å². The Morgan fingerprint density at radius 2 is 1.54 bits per heavy atom. The topological polar surface area (TPSA) is 3.24 Å². The van der Waals surface area contributed by atoms with Crippen molar-refractivity contribution in [1.29, 1.82) is 0 Å². The highest BCUT2D eigenvalue weighted by atomic mass is 15.1. The highest BCUT2D eigenvalue weighted by Gasteiger charge is 2.27. The summed E-state index contributed by atoms with van der Waals surface area (Å²) in [5.74, 6) is 2.12. The zero-order valence-corrected chi connectivity index (χ0v) is 8.97. The average Bonchev–Trinajstić information content (AvgIpc) is 2.08. The van der Waals surface area contributed by atoms with Crippen LogP contribution in [-0.4, -0.2) is 25.0 Å². The van der Waals surface area contributed by atoms with Crippen molar-refractivity contribution >= 4 is 0 Å². The van der Waals surface area contributed by atoms with E-state index in [4.69, 9.17) is 0 Å². The van der Waals surface area contributed by atoms with Crippen LogP contribution in [-0.2, 0) is 0 Å². The largest absolute Gasteiger partial charge is 0.306 e. The third-order valence-corrected chi connectivity index (χ3v) is 3.99. The first-order valence-corrected chi connectivity index (χ1v) is 6.05. The Hall–Kier alpha value is -0.0400. The van der Waals surface area contributed by atoms with Crippen LogP contribution in [0.15, 0.2) is 0 Å². The van der Waals surface area contributed by atoms with E-state index >= 15 is 0 Å². The Kier molecular flexibility index (Phi) is 3.26. The summed E-state index contributed by atoms with van der Waals surface area (Å²) in [6.45, 7) is 2.73. The van der Waals surface area contributed by atoms with E-state index in [2.05, 4.69) is 11.9 Å².